The van der Waals surface area contributed by atoms with Crippen LogP contribution in [0.1, 0.15) is 0 Å². The predicted molar refractivity (Wildman–Crippen MR) is 33.4 cm³/mol. The van der Waals surface area contributed by atoms with Gasteiger partial charge in [-0.05, 0) is 12.0 Å². The molecule has 0 saturated carbocycles. The molecule has 0 atom stereocenters. The van der Waals surface area contributed by atoms with Crippen LogP contribution in [0.4, 0.5) is 0 Å². The standard InChI is InChI=1S/C3H7O3PS/c1-8-6-7-4-2-3-5-7/h2-3H2,1H3. The maximum atomic E-state index is 4.99. The molecule has 0 N–H and O–H groups in total. The van der Waals surface area contributed by atoms with Crippen LogP contribution >= 0.6 is 20.6 Å². The zero-order valence-electron chi connectivity index (χ0n) is 4.49. The first-order valence-electron chi connectivity index (χ1n) is 2.20. The van der Waals surface area contributed by atoms with Crippen LogP contribution in [0, 0.1) is 0 Å². The Bertz CT molecular complexity index is 65.5. The Morgan fingerprint density at radius 3 is 2.62 bits per heavy atom. The lowest BCUT2D eigenvalue weighted by molar-refractivity contribution is 0.365. The monoisotopic (exact) mass is 154 g/mol. The van der Waals surface area contributed by atoms with Gasteiger partial charge in [0.15, 0.2) is 0 Å². The first kappa shape index (κ1) is 6.78. The highest BCUT2D eigenvalue weighted by Crippen LogP contribution is 2.46. The van der Waals surface area contributed by atoms with Crippen molar-refractivity contribution in [3.63, 3.8) is 0 Å². The first-order chi connectivity index (χ1) is 3.93. The average Bonchev–Trinajstić information content (AvgIpc) is 2.19. The van der Waals surface area contributed by atoms with Gasteiger partial charge < -0.3 is 9.05 Å². The Kier molecular flexibility index (Phi) is 3.08. The van der Waals surface area contributed by atoms with Gasteiger partial charge in [-0.3, -0.25) is 0 Å². The van der Waals surface area contributed by atoms with E-state index in [0.29, 0.717) is 13.2 Å². The summed E-state index contributed by atoms with van der Waals surface area (Å²) in [6.07, 6.45) is 1.84. The second-order valence-corrected chi connectivity index (χ2v) is 3.02. The summed E-state index contributed by atoms with van der Waals surface area (Å²) in [5, 5.41) is 0. The molecule has 1 rings (SSSR count). The molecule has 1 heterocycles. The number of hydrogen-bond donors (Lipinski definition) is 0. The molecule has 5 heteroatoms. The van der Waals surface area contributed by atoms with Gasteiger partial charge in [0.05, 0.1) is 13.2 Å². The van der Waals surface area contributed by atoms with E-state index in [0.717, 1.165) is 0 Å². The normalized spacial score (nSPS) is 22.1. The SMILES string of the molecule is CSOP1OCCO1. The summed E-state index contributed by atoms with van der Waals surface area (Å²) in [4.78, 5) is 0. The first-order valence-corrected chi connectivity index (χ1v) is 4.45. The van der Waals surface area contributed by atoms with Crippen molar-refractivity contribution in [3.05, 3.63) is 0 Å². The van der Waals surface area contributed by atoms with Crippen molar-refractivity contribution in [2.75, 3.05) is 19.5 Å². The third-order valence-corrected chi connectivity index (χ3v) is 2.48. The fourth-order valence-corrected chi connectivity index (χ4v) is 1.72. The Morgan fingerprint density at radius 1 is 1.50 bits per heavy atom. The van der Waals surface area contributed by atoms with Crippen molar-refractivity contribution in [3.8, 4) is 0 Å². The molecule has 0 spiro atoms. The molecule has 0 unspecified atom stereocenters. The molecular formula is C3H7O3PS. The summed E-state index contributed by atoms with van der Waals surface area (Å²) in [5.41, 5.74) is 0. The molecule has 0 bridgehead atoms. The Morgan fingerprint density at radius 2 is 2.12 bits per heavy atom. The van der Waals surface area contributed by atoms with E-state index < -0.39 is 8.60 Å². The van der Waals surface area contributed by atoms with Crippen LogP contribution in [0.2, 0.25) is 0 Å². The summed E-state index contributed by atoms with van der Waals surface area (Å²) in [5.74, 6) is 0. The van der Waals surface area contributed by atoms with E-state index in [1.807, 2.05) is 6.26 Å². The Hall–Kier alpha value is 0.660. The zero-order valence-corrected chi connectivity index (χ0v) is 6.21. The molecule has 0 aliphatic carbocycles. The lowest BCUT2D eigenvalue weighted by atomic mass is 10.8. The molecule has 1 aliphatic heterocycles. The van der Waals surface area contributed by atoms with Gasteiger partial charge in [0.2, 0.25) is 0 Å². The molecule has 0 amide bonds. The minimum absolute atomic E-state index is 0.673. The molecular weight excluding hydrogens is 147 g/mol. The maximum Gasteiger partial charge on any atom is 0.345 e. The van der Waals surface area contributed by atoms with Crippen LogP contribution in [0.15, 0.2) is 0 Å². The zero-order chi connectivity index (χ0) is 5.82. The summed E-state index contributed by atoms with van der Waals surface area (Å²) >= 11 is 1.28. The molecule has 0 radical (unpaired) electrons. The van der Waals surface area contributed by atoms with E-state index in [1.54, 1.807) is 0 Å². The largest absolute Gasteiger partial charge is 0.345 e. The molecule has 8 heavy (non-hydrogen) atoms. The molecule has 1 fully saturated rings. The van der Waals surface area contributed by atoms with E-state index in [2.05, 4.69) is 0 Å². The van der Waals surface area contributed by atoms with Gasteiger partial charge >= 0.3 is 8.60 Å². The van der Waals surface area contributed by atoms with Crippen molar-refractivity contribution in [2.24, 2.45) is 0 Å². The topological polar surface area (TPSA) is 27.7 Å². The van der Waals surface area contributed by atoms with Gasteiger partial charge in [-0.2, -0.15) is 0 Å². The quantitative estimate of drug-likeness (QED) is 0.445. The smallest absolute Gasteiger partial charge is 0.309 e. The molecule has 0 aromatic rings. The molecule has 3 nitrogen and oxygen atoms in total. The lowest BCUT2D eigenvalue weighted by Gasteiger charge is -2.01. The van der Waals surface area contributed by atoms with Crippen LogP contribution in [-0.2, 0) is 13.0 Å². The number of hydrogen-bond acceptors (Lipinski definition) is 4. The van der Waals surface area contributed by atoms with Crippen LogP contribution in [-0.4, -0.2) is 19.5 Å². The van der Waals surface area contributed by atoms with Crippen LogP contribution in [0.5, 0.6) is 0 Å². The van der Waals surface area contributed by atoms with E-state index >= 15 is 0 Å². The summed E-state index contributed by atoms with van der Waals surface area (Å²) in [6, 6.07) is 0. The molecule has 0 aromatic heterocycles. The second-order valence-electron chi connectivity index (χ2n) is 1.13. The Balaban J connectivity index is 2.06. The maximum absolute atomic E-state index is 4.99. The van der Waals surface area contributed by atoms with Gasteiger partial charge in [0.25, 0.3) is 0 Å². The fraction of sp³-hybridized carbons (Fsp3) is 1.00. The lowest BCUT2D eigenvalue weighted by Crippen LogP contribution is -1.79. The van der Waals surface area contributed by atoms with Gasteiger partial charge in [-0.1, -0.05) is 0 Å². The van der Waals surface area contributed by atoms with Gasteiger partial charge in [-0.25, -0.2) is 3.97 Å². The second kappa shape index (κ2) is 3.64. The highest BCUT2D eigenvalue weighted by molar-refractivity contribution is 7.96. The summed E-state index contributed by atoms with van der Waals surface area (Å²) in [7, 11) is -0.982. The van der Waals surface area contributed by atoms with Crippen LogP contribution in [0.25, 0.3) is 0 Å². The number of rotatable bonds is 2. The predicted octanol–water partition coefficient (Wildman–Crippen LogP) is 1.55. The minimum Gasteiger partial charge on any atom is -0.309 e. The highest BCUT2D eigenvalue weighted by Gasteiger charge is 2.17. The molecule has 48 valence electrons. The van der Waals surface area contributed by atoms with Crippen molar-refractivity contribution < 1.29 is 13.0 Å². The van der Waals surface area contributed by atoms with Crippen LogP contribution < -0.4 is 0 Å². The van der Waals surface area contributed by atoms with E-state index in [9.17, 15) is 0 Å². The highest BCUT2D eigenvalue weighted by atomic mass is 32.2. The summed E-state index contributed by atoms with van der Waals surface area (Å²) in [6.45, 7) is 1.35. The van der Waals surface area contributed by atoms with E-state index in [-0.39, 0.29) is 0 Å². The fourth-order valence-electron chi connectivity index (χ4n) is 0.365. The summed E-state index contributed by atoms with van der Waals surface area (Å²) < 4.78 is 14.9. The van der Waals surface area contributed by atoms with Gasteiger partial charge in [0, 0.05) is 6.26 Å². The molecule has 0 aromatic carbocycles. The molecule has 1 aliphatic rings. The van der Waals surface area contributed by atoms with Crippen molar-refractivity contribution >= 4 is 20.6 Å². The third kappa shape index (κ3) is 1.88. The molecule has 1 saturated heterocycles. The van der Waals surface area contributed by atoms with Crippen molar-refractivity contribution in [1.29, 1.82) is 0 Å². The van der Waals surface area contributed by atoms with Gasteiger partial charge in [0.1, 0.15) is 0 Å². The van der Waals surface area contributed by atoms with E-state index in [1.165, 1.54) is 12.0 Å². The van der Waals surface area contributed by atoms with E-state index in [4.69, 9.17) is 13.0 Å². The van der Waals surface area contributed by atoms with Gasteiger partial charge in [-0.15, -0.1) is 0 Å². The van der Waals surface area contributed by atoms with Crippen molar-refractivity contribution in [1.82, 2.24) is 0 Å². The Labute approximate surface area is 53.9 Å². The van der Waals surface area contributed by atoms with Crippen molar-refractivity contribution in [2.45, 2.75) is 0 Å². The third-order valence-electron chi connectivity index (χ3n) is 0.612. The minimum atomic E-state index is -0.982. The van der Waals surface area contributed by atoms with Crippen LogP contribution in [0.3, 0.4) is 0 Å². The average molecular weight is 154 g/mol.